The van der Waals surface area contributed by atoms with Crippen molar-refractivity contribution in [2.45, 2.75) is 6.54 Å². The van der Waals surface area contributed by atoms with E-state index in [0.29, 0.717) is 27.0 Å². The maximum absolute atomic E-state index is 13.5. The van der Waals surface area contributed by atoms with Gasteiger partial charge in [0.2, 0.25) is 10.0 Å². The van der Waals surface area contributed by atoms with E-state index in [1.54, 1.807) is 36.4 Å². The third-order valence-electron chi connectivity index (χ3n) is 5.06. The third kappa shape index (κ3) is 6.30. The topological polar surface area (TPSA) is 94.2 Å². The number of methoxy groups -OCH3 is 3. The average molecular weight is 539 g/mol. The number of benzene rings is 3. The number of carbonyl (C=O) groups is 1. The van der Waals surface area contributed by atoms with Crippen molar-refractivity contribution < 1.29 is 27.4 Å². The van der Waals surface area contributed by atoms with Crippen LogP contribution in [0.4, 0.5) is 11.4 Å². The number of rotatable bonds is 9. The highest BCUT2D eigenvalue weighted by Crippen LogP contribution is 2.38. The number of anilines is 2. The molecule has 8 nitrogen and oxygen atoms in total. The minimum atomic E-state index is -3.84. The average Bonchev–Trinajstić information content (AvgIpc) is 2.82. The monoisotopic (exact) mass is 538 g/mol. The highest BCUT2D eigenvalue weighted by molar-refractivity contribution is 7.92. The number of halogens is 2. The smallest absolute Gasteiger partial charge is 0.258 e. The molecular weight excluding hydrogens is 515 g/mol. The van der Waals surface area contributed by atoms with Crippen molar-refractivity contribution in [3.63, 3.8) is 0 Å². The highest BCUT2D eigenvalue weighted by Gasteiger charge is 2.27. The zero-order chi connectivity index (χ0) is 25.8. The molecular formula is C24H24Cl2N2O6S. The number of nitrogens with zero attached hydrogens (tertiary/aromatic N) is 1. The van der Waals surface area contributed by atoms with Gasteiger partial charge in [-0.2, -0.15) is 0 Å². The Morgan fingerprint density at radius 2 is 1.43 bits per heavy atom. The Morgan fingerprint density at radius 3 is 2.00 bits per heavy atom. The van der Waals surface area contributed by atoms with Gasteiger partial charge in [-0.05, 0) is 42.0 Å². The lowest BCUT2D eigenvalue weighted by molar-refractivity contribution is 0.102. The van der Waals surface area contributed by atoms with E-state index in [2.05, 4.69) is 5.32 Å². The fraction of sp³-hybridized carbons (Fsp3) is 0.208. The molecule has 11 heteroatoms. The molecule has 0 fully saturated rings. The summed E-state index contributed by atoms with van der Waals surface area (Å²) in [6.45, 7) is -0.0494. The first-order valence-electron chi connectivity index (χ1n) is 10.2. The Hall–Kier alpha value is -3.14. The van der Waals surface area contributed by atoms with E-state index in [1.807, 2.05) is 0 Å². The van der Waals surface area contributed by atoms with E-state index in [1.165, 1.54) is 39.5 Å². The van der Waals surface area contributed by atoms with Crippen LogP contribution >= 0.6 is 23.2 Å². The first-order valence-corrected chi connectivity index (χ1v) is 12.8. The molecule has 0 spiro atoms. The molecule has 3 aromatic rings. The quantitative estimate of drug-likeness (QED) is 0.400. The Kier molecular flexibility index (Phi) is 8.37. The largest absolute Gasteiger partial charge is 0.495 e. The predicted molar refractivity (Wildman–Crippen MR) is 138 cm³/mol. The lowest BCUT2D eigenvalue weighted by atomic mass is 10.1. The van der Waals surface area contributed by atoms with Crippen LogP contribution in [0, 0.1) is 0 Å². The van der Waals surface area contributed by atoms with Crippen LogP contribution in [0.25, 0.3) is 0 Å². The van der Waals surface area contributed by atoms with Crippen molar-refractivity contribution in [3.05, 3.63) is 75.8 Å². The summed E-state index contributed by atoms with van der Waals surface area (Å²) in [5, 5.41) is 3.64. The van der Waals surface area contributed by atoms with Gasteiger partial charge in [-0.15, -0.1) is 0 Å². The second kappa shape index (κ2) is 11.1. The summed E-state index contributed by atoms with van der Waals surface area (Å²) in [4.78, 5) is 13.5. The van der Waals surface area contributed by atoms with Crippen molar-refractivity contribution in [1.82, 2.24) is 0 Å². The SMILES string of the molecule is COc1ccc(Cl)cc1NC(=O)c1cc(OC)c(OC)cc1N(Cc1ccc(Cl)cc1)S(C)(=O)=O. The number of hydrogen-bond donors (Lipinski definition) is 1. The fourth-order valence-corrected chi connectivity index (χ4v) is 4.55. The van der Waals surface area contributed by atoms with Crippen LogP contribution in [-0.4, -0.2) is 41.9 Å². The molecule has 0 unspecified atom stereocenters. The van der Waals surface area contributed by atoms with Crippen LogP contribution in [0.5, 0.6) is 17.2 Å². The van der Waals surface area contributed by atoms with Crippen molar-refractivity contribution >= 4 is 50.5 Å². The molecule has 35 heavy (non-hydrogen) atoms. The summed E-state index contributed by atoms with van der Waals surface area (Å²) in [6, 6.07) is 14.3. The fourth-order valence-electron chi connectivity index (χ4n) is 3.36. The molecule has 0 aliphatic rings. The second-order valence-corrected chi connectivity index (χ2v) is 10.2. The van der Waals surface area contributed by atoms with Gasteiger partial charge in [0.05, 0.1) is 51.1 Å². The van der Waals surface area contributed by atoms with Crippen LogP contribution in [-0.2, 0) is 16.6 Å². The zero-order valence-electron chi connectivity index (χ0n) is 19.5. The van der Waals surface area contributed by atoms with E-state index in [9.17, 15) is 13.2 Å². The number of nitrogens with one attached hydrogen (secondary N) is 1. The van der Waals surface area contributed by atoms with Crippen LogP contribution in [0.3, 0.4) is 0 Å². The zero-order valence-corrected chi connectivity index (χ0v) is 21.8. The molecule has 0 aliphatic heterocycles. The molecule has 0 atom stereocenters. The summed E-state index contributed by atoms with van der Waals surface area (Å²) in [7, 11) is 0.452. The molecule has 0 saturated carbocycles. The van der Waals surface area contributed by atoms with E-state index in [0.717, 1.165) is 10.6 Å². The Balaban J connectivity index is 2.15. The highest BCUT2D eigenvalue weighted by atomic mass is 35.5. The molecule has 186 valence electrons. The van der Waals surface area contributed by atoms with Crippen LogP contribution in [0.2, 0.25) is 10.0 Å². The van der Waals surface area contributed by atoms with Gasteiger partial charge in [-0.25, -0.2) is 8.42 Å². The van der Waals surface area contributed by atoms with Gasteiger partial charge in [-0.3, -0.25) is 9.10 Å². The van der Waals surface area contributed by atoms with Crippen molar-refractivity contribution in [2.24, 2.45) is 0 Å². The molecule has 0 radical (unpaired) electrons. The third-order valence-corrected chi connectivity index (χ3v) is 6.68. The summed E-state index contributed by atoms with van der Waals surface area (Å²) in [5.41, 5.74) is 1.11. The number of amides is 1. The Labute approximate surface area is 214 Å². The lowest BCUT2D eigenvalue weighted by Crippen LogP contribution is -2.31. The molecule has 3 aromatic carbocycles. The summed E-state index contributed by atoms with van der Waals surface area (Å²) in [5.74, 6) is 0.278. The van der Waals surface area contributed by atoms with Gasteiger partial charge in [0.25, 0.3) is 5.91 Å². The standard InChI is InChI=1S/C24H24Cl2N2O6S/c1-32-21-10-9-17(26)11-19(21)27-24(29)18-12-22(33-2)23(34-3)13-20(18)28(35(4,30)31)14-15-5-7-16(25)8-6-15/h5-13H,14H2,1-4H3,(H,27,29). The number of carbonyl (C=O) groups excluding carboxylic acids is 1. The van der Waals surface area contributed by atoms with E-state index in [-0.39, 0.29) is 29.3 Å². The Morgan fingerprint density at radius 1 is 0.857 bits per heavy atom. The van der Waals surface area contributed by atoms with Gasteiger partial charge in [-0.1, -0.05) is 35.3 Å². The minimum Gasteiger partial charge on any atom is -0.495 e. The van der Waals surface area contributed by atoms with Crippen molar-refractivity contribution in [2.75, 3.05) is 37.2 Å². The van der Waals surface area contributed by atoms with Gasteiger partial charge in [0.1, 0.15) is 5.75 Å². The maximum Gasteiger partial charge on any atom is 0.258 e. The molecule has 1 N–H and O–H groups in total. The Bertz CT molecular complexity index is 1330. The minimum absolute atomic E-state index is 0.0315. The molecule has 0 saturated heterocycles. The first kappa shape index (κ1) is 26.5. The summed E-state index contributed by atoms with van der Waals surface area (Å²) in [6.07, 6.45) is 1.06. The van der Waals surface area contributed by atoms with Gasteiger partial charge < -0.3 is 19.5 Å². The molecule has 0 aromatic heterocycles. The summed E-state index contributed by atoms with van der Waals surface area (Å²) < 4.78 is 42.9. The molecule has 0 aliphatic carbocycles. The number of hydrogen-bond acceptors (Lipinski definition) is 6. The number of sulfonamides is 1. The maximum atomic E-state index is 13.5. The van der Waals surface area contributed by atoms with Crippen LogP contribution in [0.1, 0.15) is 15.9 Å². The molecule has 0 bridgehead atoms. The van der Waals surface area contributed by atoms with Crippen LogP contribution < -0.4 is 23.8 Å². The number of ether oxygens (including phenoxy) is 3. The molecule has 3 rings (SSSR count). The van der Waals surface area contributed by atoms with Crippen molar-refractivity contribution in [1.29, 1.82) is 0 Å². The summed E-state index contributed by atoms with van der Waals surface area (Å²) >= 11 is 12.1. The first-order chi connectivity index (χ1) is 16.6. The second-order valence-electron chi connectivity index (χ2n) is 7.42. The van der Waals surface area contributed by atoms with Crippen LogP contribution in [0.15, 0.2) is 54.6 Å². The molecule has 1 amide bonds. The molecule has 0 heterocycles. The van der Waals surface area contributed by atoms with E-state index < -0.39 is 15.9 Å². The van der Waals surface area contributed by atoms with Gasteiger partial charge in [0.15, 0.2) is 11.5 Å². The normalized spacial score (nSPS) is 11.0. The van der Waals surface area contributed by atoms with E-state index in [4.69, 9.17) is 37.4 Å². The van der Waals surface area contributed by atoms with Gasteiger partial charge in [0, 0.05) is 16.1 Å². The van der Waals surface area contributed by atoms with E-state index >= 15 is 0 Å². The van der Waals surface area contributed by atoms with Gasteiger partial charge >= 0.3 is 0 Å². The predicted octanol–water partition coefficient (Wildman–Crippen LogP) is 5.24. The lowest BCUT2D eigenvalue weighted by Gasteiger charge is -2.26. The van der Waals surface area contributed by atoms with Crippen molar-refractivity contribution in [3.8, 4) is 17.2 Å².